The lowest BCUT2D eigenvalue weighted by atomic mass is 10.1. The summed E-state index contributed by atoms with van der Waals surface area (Å²) in [5, 5.41) is 3.95. The Labute approximate surface area is 125 Å². The Balaban J connectivity index is 1.83. The summed E-state index contributed by atoms with van der Waals surface area (Å²) in [4.78, 5) is 14.0. The maximum Gasteiger partial charge on any atom is 0.222 e. The first-order valence-electron chi connectivity index (χ1n) is 7.01. The fourth-order valence-electron chi connectivity index (χ4n) is 2.44. The van der Waals surface area contributed by atoms with Crippen molar-refractivity contribution in [3.63, 3.8) is 0 Å². The number of halogens is 1. The van der Waals surface area contributed by atoms with Gasteiger partial charge in [0.15, 0.2) is 0 Å². The van der Waals surface area contributed by atoms with E-state index in [-0.39, 0.29) is 5.91 Å². The van der Waals surface area contributed by atoms with E-state index in [0.717, 1.165) is 50.3 Å². The number of benzene rings is 1. The average molecular weight is 297 g/mol. The van der Waals surface area contributed by atoms with E-state index in [2.05, 4.69) is 5.32 Å². The first kappa shape index (κ1) is 15.1. The SMILES string of the molecule is COc1ccc(Cl)cc1CCCC(=O)N1CCNCC1. The minimum absolute atomic E-state index is 0.243. The van der Waals surface area contributed by atoms with Crippen LogP contribution in [0.3, 0.4) is 0 Å². The van der Waals surface area contributed by atoms with Crippen LogP contribution in [0.5, 0.6) is 5.75 Å². The third kappa shape index (κ3) is 4.12. The van der Waals surface area contributed by atoms with Crippen molar-refractivity contribution in [2.75, 3.05) is 33.3 Å². The van der Waals surface area contributed by atoms with E-state index >= 15 is 0 Å². The summed E-state index contributed by atoms with van der Waals surface area (Å²) in [6.45, 7) is 3.43. The molecule has 0 radical (unpaired) electrons. The van der Waals surface area contributed by atoms with Crippen LogP contribution in [0.2, 0.25) is 5.02 Å². The van der Waals surface area contributed by atoms with Crippen molar-refractivity contribution in [1.29, 1.82) is 0 Å². The molecule has 2 rings (SSSR count). The van der Waals surface area contributed by atoms with Gasteiger partial charge in [0.2, 0.25) is 5.91 Å². The van der Waals surface area contributed by atoms with Crippen molar-refractivity contribution in [2.24, 2.45) is 0 Å². The minimum Gasteiger partial charge on any atom is -0.496 e. The van der Waals surface area contributed by atoms with Gasteiger partial charge >= 0.3 is 0 Å². The molecular weight excluding hydrogens is 276 g/mol. The molecule has 110 valence electrons. The number of carbonyl (C=O) groups is 1. The molecular formula is C15H21ClN2O2. The summed E-state index contributed by atoms with van der Waals surface area (Å²) in [5.41, 5.74) is 1.06. The molecule has 1 aliphatic heterocycles. The number of ether oxygens (including phenoxy) is 1. The van der Waals surface area contributed by atoms with E-state index < -0.39 is 0 Å². The summed E-state index contributed by atoms with van der Waals surface area (Å²) >= 11 is 6.00. The van der Waals surface area contributed by atoms with Crippen LogP contribution in [0.15, 0.2) is 18.2 Å². The molecule has 4 nitrogen and oxygen atoms in total. The van der Waals surface area contributed by atoms with Crippen LogP contribution in [0.4, 0.5) is 0 Å². The highest BCUT2D eigenvalue weighted by Crippen LogP contribution is 2.24. The van der Waals surface area contributed by atoms with Crippen LogP contribution in [0.1, 0.15) is 18.4 Å². The number of amides is 1. The average Bonchev–Trinajstić information content (AvgIpc) is 2.48. The van der Waals surface area contributed by atoms with E-state index in [0.29, 0.717) is 11.4 Å². The standard InChI is InChI=1S/C15H21ClN2O2/c1-20-14-6-5-13(16)11-12(14)3-2-4-15(19)18-9-7-17-8-10-18/h5-6,11,17H,2-4,7-10H2,1H3. The Kier molecular flexibility index (Phi) is 5.68. The number of piperazine rings is 1. The van der Waals surface area contributed by atoms with Gasteiger partial charge in [0.25, 0.3) is 0 Å². The third-order valence-corrected chi connectivity index (χ3v) is 3.78. The van der Waals surface area contributed by atoms with Crippen LogP contribution in [0, 0.1) is 0 Å². The Morgan fingerprint density at radius 1 is 1.40 bits per heavy atom. The normalized spacial score (nSPS) is 15.2. The molecule has 0 unspecified atom stereocenters. The van der Waals surface area contributed by atoms with Gasteiger partial charge in [0, 0.05) is 37.6 Å². The lowest BCUT2D eigenvalue weighted by molar-refractivity contribution is -0.131. The molecule has 20 heavy (non-hydrogen) atoms. The summed E-state index contributed by atoms with van der Waals surface area (Å²) in [6.07, 6.45) is 2.21. The molecule has 1 heterocycles. The van der Waals surface area contributed by atoms with Gasteiger partial charge in [-0.15, -0.1) is 0 Å². The Morgan fingerprint density at radius 3 is 2.85 bits per heavy atom. The lowest BCUT2D eigenvalue weighted by Crippen LogP contribution is -2.46. The predicted octanol–water partition coefficient (Wildman–Crippen LogP) is 2.10. The second kappa shape index (κ2) is 7.50. The highest BCUT2D eigenvalue weighted by Gasteiger charge is 2.15. The number of nitrogens with one attached hydrogen (secondary N) is 1. The highest BCUT2D eigenvalue weighted by molar-refractivity contribution is 6.30. The summed E-state index contributed by atoms with van der Waals surface area (Å²) in [7, 11) is 1.65. The molecule has 1 aliphatic rings. The fourth-order valence-corrected chi connectivity index (χ4v) is 2.64. The second-order valence-electron chi connectivity index (χ2n) is 4.94. The van der Waals surface area contributed by atoms with Crippen molar-refractivity contribution in [3.05, 3.63) is 28.8 Å². The van der Waals surface area contributed by atoms with Crippen LogP contribution in [-0.4, -0.2) is 44.1 Å². The van der Waals surface area contributed by atoms with Gasteiger partial charge in [-0.1, -0.05) is 11.6 Å². The number of nitrogens with zero attached hydrogens (tertiary/aromatic N) is 1. The maximum absolute atomic E-state index is 12.1. The zero-order valence-corrected chi connectivity index (χ0v) is 12.6. The molecule has 1 aromatic rings. The molecule has 1 saturated heterocycles. The summed E-state index contributed by atoms with van der Waals surface area (Å²) < 4.78 is 5.31. The third-order valence-electron chi connectivity index (χ3n) is 3.55. The van der Waals surface area contributed by atoms with Crippen molar-refractivity contribution in [2.45, 2.75) is 19.3 Å². The van der Waals surface area contributed by atoms with Crippen molar-refractivity contribution >= 4 is 17.5 Å². The van der Waals surface area contributed by atoms with Crippen LogP contribution in [0.25, 0.3) is 0 Å². The summed E-state index contributed by atoms with van der Waals surface area (Å²) in [6, 6.07) is 5.60. The van der Waals surface area contributed by atoms with Crippen molar-refractivity contribution < 1.29 is 9.53 Å². The van der Waals surface area contributed by atoms with E-state index in [1.165, 1.54) is 0 Å². The van der Waals surface area contributed by atoms with Gasteiger partial charge in [-0.3, -0.25) is 4.79 Å². The van der Waals surface area contributed by atoms with E-state index in [4.69, 9.17) is 16.3 Å². The molecule has 0 aliphatic carbocycles. The number of rotatable bonds is 5. The lowest BCUT2D eigenvalue weighted by Gasteiger charge is -2.27. The van der Waals surface area contributed by atoms with Crippen LogP contribution in [-0.2, 0) is 11.2 Å². The largest absolute Gasteiger partial charge is 0.496 e. The smallest absolute Gasteiger partial charge is 0.222 e. The molecule has 0 spiro atoms. The molecule has 0 saturated carbocycles. The van der Waals surface area contributed by atoms with Gasteiger partial charge in [-0.05, 0) is 36.6 Å². The van der Waals surface area contributed by atoms with Crippen molar-refractivity contribution in [1.82, 2.24) is 10.2 Å². The Morgan fingerprint density at radius 2 is 2.15 bits per heavy atom. The molecule has 5 heteroatoms. The molecule has 1 N–H and O–H groups in total. The second-order valence-corrected chi connectivity index (χ2v) is 5.38. The molecule has 1 aromatic carbocycles. The maximum atomic E-state index is 12.1. The molecule has 0 bridgehead atoms. The summed E-state index contributed by atoms with van der Waals surface area (Å²) in [5.74, 6) is 1.08. The van der Waals surface area contributed by atoms with Gasteiger partial charge in [-0.2, -0.15) is 0 Å². The Hall–Kier alpha value is -1.26. The molecule has 0 atom stereocenters. The zero-order valence-electron chi connectivity index (χ0n) is 11.8. The monoisotopic (exact) mass is 296 g/mol. The topological polar surface area (TPSA) is 41.6 Å². The first-order valence-corrected chi connectivity index (χ1v) is 7.39. The minimum atomic E-state index is 0.243. The highest BCUT2D eigenvalue weighted by atomic mass is 35.5. The van der Waals surface area contributed by atoms with Gasteiger partial charge < -0.3 is 15.0 Å². The van der Waals surface area contributed by atoms with E-state index in [9.17, 15) is 4.79 Å². The number of methoxy groups -OCH3 is 1. The molecule has 0 aromatic heterocycles. The van der Waals surface area contributed by atoms with Crippen LogP contribution >= 0.6 is 11.6 Å². The number of aryl methyl sites for hydroxylation is 1. The predicted molar refractivity (Wildman–Crippen MR) is 80.4 cm³/mol. The first-order chi connectivity index (χ1) is 9.70. The van der Waals surface area contributed by atoms with Crippen molar-refractivity contribution in [3.8, 4) is 5.75 Å². The quantitative estimate of drug-likeness (QED) is 0.905. The Bertz CT molecular complexity index is 459. The van der Waals surface area contributed by atoms with Gasteiger partial charge in [-0.25, -0.2) is 0 Å². The van der Waals surface area contributed by atoms with Gasteiger partial charge in [0.1, 0.15) is 5.75 Å². The number of hydrogen-bond acceptors (Lipinski definition) is 3. The van der Waals surface area contributed by atoms with E-state index in [1.807, 2.05) is 23.1 Å². The fraction of sp³-hybridized carbons (Fsp3) is 0.533. The zero-order chi connectivity index (χ0) is 14.4. The number of hydrogen-bond donors (Lipinski definition) is 1. The van der Waals surface area contributed by atoms with E-state index in [1.54, 1.807) is 7.11 Å². The van der Waals surface area contributed by atoms with Gasteiger partial charge in [0.05, 0.1) is 7.11 Å². The molecule has 1 fully saturated rings. The van der Waals surface area contributed by atoms with Crippen LogP contribution < -0.4 is 10.1 Å². The number of carbonyl (C=O) groups excluding carboxylic acids is 1. The molecule has 1 amide bonds.